The van der Waals surface area contributed by atoms with Gasteiger partial charge in [0.05, 0.1) is 14.2 Å². The molecular formula is C21H25NO5. The fourth-order valence-corrected chi connectivity index (χ4v) is 2.45. The Kier molecular flexibility index (Phi) is 7.23. The molecule has 0 unspecified atom stereocenters. The van der Waals surface area contributed by atoms with Gasteiger partial charge in [0, 0.05) is 5.56 Å². The largest absolute Gasteiger partial charge is 0.493 e. The number of methoxy groups -OCH3 is 2. The summed E-state index contributed by atoms with van der Waals surface area (Å²) < 4.78 is 15.5. The summed E-state index contributed by atoms with van der Waals surface area (Å²) in [6, 6.07) is 12.7. The van der Waals surface area contributed by atoms with Gasteiger partial charge in [0.15, 0.2) is 11.5 Å². The molecule has 2 rings (SSSR count). The molecule has 0 aliphatic heterocycles. The van der Waals surface area contributed by atoms with Crippen molar-refractivity contribution >= 4 is 11.9 Å². The predicted molar refractivity (Wildman–Crippen MR) is 102 cm³/mol. The Hall–Kier alpha value is -3.02. The van der Waals surface area contributed by atoms with Crippen LogP contribution in [-0.4, -0.2) is 32.6 Å². The van der Waals surface area contributed by atoms with Gasteiger partial charge in [0.25, 0.3) is 5.91 Å². The summed E-state index contributed by atoms with van der Waals surface area (Å²) in [6.45, 7) is 4.20. The third-order valence-corrected chi connectivity index (χ3v) is 4.09. The van der Waals surface area contributed by atoms with E-state index in [-0.39, 0.29) is 13.2 Å². The van der Waals surface area contributed by atoms with Crippen LogP contribution in [0.2, 0.25) is 0 Å². The normalized spacial score (nSPS) is 10.4. The van der Waals surface area contributed by atoms with E-state index in [1.54, 1.807) is 18.2 Å². The second-order valence-corrected chi connectivity index (χ2v) is 6.31. The maximum atomic E-state index is 12.2. The minimum Gasteiger partial charge on any atom is -0.493 e. The standard InChI is InChI=1S/C21H25NO5/c1-14(2)16-7-5-15(6-8-16)13-27-20(23)12-22-21(24)17-9-10-18(25-3)19(11-17)26-4/h5-11,14H,12-13H2,1-4H3,(H,22,24). The van der Waals surface area contributed by atoms with Crippen molar-refractivity contribution in [3.63, 3.8) is 0 Å². The number of amides is 1. The Bertz CT molecular complexity index is 784. The Labute approximate surface area is 159 Å². The molecule has 1 N–H and O–H groups in total. The van der Waals surface area contributed by atoms with Crippen molar-refractivity contribution in [2.75, 3.05) is 20.8 Å². The van der Waals surface area contributed by atoms with Gasteiger partial charge in [-0.2, -0.15) is 0 Å². The van der Waals surface area contributed by atoms with E-state index in [9.17, 15) is 9.59 Å². The van der Waals surface area contributed by atoms with Gasteiger partial charge in [-0.3, -0.25) is 9.59 Å². The zero-order valence-electron chi connectivity index (χ0n) is 16.1. The van der Waals surface area contributed by atoms with Crippen LogP contribution in [0.3, 0.4) is 0 Å². The molecule has 2 aromatic rings. The van der Waals surface area contributed by atoms with E-state index in [4.69, 9.17) is 14.2 Å². The summed E-state index contributed by atoms with van der Waals surface area (Å²) in [5, 5.41) is 2.54. The lowest BCUT2D eigenvalue weighted by Gasteiger charge is -2.10. The zero-order chi connectivity index (χ0) is 19.8. The number of carbonyl (C=O) groups excluding carboxylic acids is 2. The van der Waals surface area contributed by atoms with E-state index in [0.29, 0.717) is 23.0 Å². The molecule has 0 saturated heterocycles. The fraction of sp³-hybridized carbons (Fsp3) is 0.333. The lowest BCUT2D eigenvalue weighted by Crippen LogP contribution is -2.30. The van der Waals surface area contributed by atoms with Crippen molar-refractivity contribution in [2.45, 2.75) is 26.4 Å². The zero-order valence-corrected chi connectivity index (χ0v) is 16.1. The second kappa shape index (κ2) is 9.62. The van der Waals surface area contributed by atoms with Crippen molar-refractivity contribution in [3.8, 4) is 11.5 Å². The molecule has 0 radical (unpaired) electrons. The van der Waals surface area contributed by atoms with Crippen molar-refractivity contribution in [1.29, 1.82) is 0 Å². The molecule has 0 aliphatic rings. The second-order valence-electron chi connectivity index (χ2n) is 6.31. The number of benzene rings is 2. The van der Waals surface area contributed by atoms with Crippen molar-refractivity contribution < 1.29 is 23.8 Å². The van der Waals surface area contributed by atoms with Gasteiger partial charge < -0.3 is 19.5 Å². The number of esters is 1. The summed E-state index contributed by atoms with van der Waals surface area (Å²) >= 11 is 0. The Morgan fingerprint density at radius 3 is 2.22 bits per heavy atom. The number of carbonyl (C=O) groups is 2. The van der Waals surface area contributed by atoms with Gasteiger partial charge in [-0.05, 0) is 35.2 Å². The lowest BCUT2D eigenvalue weighted by molar-refractivity contribution is -0.143. The van der Waals surface area contributed by atoms with Gasteiger partial charge in [-0.15, -0.1) is 0 Å². The first-order valence-corrected chi connectivity index (χ1v) is 8.69. The van der Waals surface area contributed by atoms with E-state index in [1.165, 1.54) is 19.8 Å². The Balaban J connectivity index is 1.83. The van der Waals surface area contributed by atoms with Crippen molar-refractivity contribution in [1.82, 2.24) is 5.32 Å². The molecule has 6 nitrogen and oxygen atoms in total. The molecule has 0 atom stereocenters. The lowest BCUT2D eigenvalue weighted by atomic mass is 10.0. The van der Waals surface area contributed by atoms with Gasteiger partial charge >= 0.3 is 5.97 Å². The van der Waals surface area contributed by atoms with Crippen LogP contribution in [-0.2, 0) is 16.1 Å². The molecule has 0 aromatic heterocycles. The molecule has 0 heterocycles. The van der Waals surface area contributed by atoms with Crippen LogP contribution in [0.4, 0.5) is 0 Å². The molecule has 0 aliphatic carbocycles. The molecule has 0 spiro atoms. The van der Waals surface area contributed by atoms with Crippen LogP contribution in [0.5, 0.6) is 11.5 Å². The van der Waals surface area contributed by atoms with Gasteiger partial charge in [-0.1, -0.05) is 38.1 Å². The average Bonchev–Trinajstić information content (AvgIpc) is 2.70. The van der Waals surface area contributed by atoms with Crippen LogP contribution < -0.4 is 14.8 Å². The summed E-state index contributed by atoms with van der Waals surface area (Å²) in [4.78, 5) is 24.0. The monoisotopic (exact) mass is 371 g/mol. The van der Waals surface area contributed by atoms with Crippen LogP contribution in [0.1, 0.15) is 41.3 Å². The highest BCUT2D eigenvalue weighted by Crippen LogP contribution is 2.27. The van der Waals surface area contributed by atoms with E-state index < -0.39 is 11.9 Å². The van der Waals surface area contributed by atoms with Crippen LogP contribution in [0.25, 0.3) is 0 Å². The number of hydrogen-bond acceptors (Lipinski definition) is 5. The highest BCUT2D eigenvalue weighted by atomic mass is 16.5. The Morgan fingerprint density at radius 2 is 1.63 bits per heavy atom. The van der Waals surface area contributed by atoms with Crippen LogP contribution in [0, 0.1) is 0 Å². The van der Waals surface area contributed by atoms with Crippen LogP contribution >= 0.6 is 0 Å². The maximum Gasteiger partial charge on any atom is 0.325 e. The van der Waals surface area contributed by atoms with E-state index in [2.05, 4.69) is 19.2 Å². The van der Waals surface area contributed by atoms with E-state index in [1.807, 2.05) is 24.3 Å². The Morgan fingerprint density at radius 1 is 0.963 bits per heavy atom. The molecule has 2 aromatic carbocycles. The third-order valence-electron chi connectivity index (χ3n) is 4.09. The summed E-state index contributed by atoms with van der Waals surface area (Å²) in [7, 11) is 3.01. The van der Waals surface area contributed by atoms with E-state index in [0.717, 1.165) is 5.56 Å². The smallest absolute Gasteiger partial charge is 0.325 e. The molecule has 6 heteroatoms. The third kappa shape index (κ3) is 5.74. The van der Waals surface area contributed by atoms with Crippen LogP contribution in [0.15, 0.2) is 42.5 Å². The summed E-state index contributed by atoms with van der Waals surface area (Å²) in [6.07, 6.45) is 0. The van der Waals surface area contributed by atoms with Gasteiger partial charge in [-0.25, -0.2) is 0 Å². The number of nitrogens with one attached hydrogen (secondary N) is 1. The highest BCUT2D eigenvalue weighted by molar-refractivity contribution is 5.96. The average molecular weight is 371 g/mol. The highest BCUT2D eigenvalue weighted by Gasteiger charge is 2.12. The number of ether oxygens (including phenoxy) is 3. The SMILES string of the molecule is COc1ccc(C(=O)NCC(=O)OCc2ccc(C(C)C)cc2)cc1OC. The quantitative estimate of drug-likeness (QED) is 0.721. The number of hydrogen-bond donors (Lipinski definition) is 1. The van der Waals surface area contributed by atoms with Crippen molar-refractivity contribution in [3.05, 3.63) is 59.2 Å². The summed E-state index contributed by atoms with van der Waals surface area (Å²) in [5.41, 5.74) is 2.50. The van der Waals surface area contributed by atoms with E-state index >= 15 is 0 Å². The first-order valence-electron chi connectivity index (χ1n) is 8.69. The van der Waals surface area contributed by atoms with Gasteiger partial charge in [0.2, 0.25) is 0 Å². The molecule has 0 bridgehead atoms. The predicted octanol–water partition coefficient (Wildman–Crippen LogP) is 3.30. The molecule has 144 valence electrons. The molecular weight excluding hydrogens is 346 g/mol. The first-order chi connectivity index (χ1) is 12.9. The minimum absolute atomic E-state index is 0.170. The topological polar surface area (TPSA) is 73.9 Å². The summed E-state index contributed by atoms with van der Waals surface area (Å²) in [5.74, 6) is 0.522. The molecule has 0 saturated carbocycles. The molecule has 1 amide bonds. The molecule has 0 fully saturated rings. The van der Waals surface area contributed by atoms with Gasteiger partial charge in [0.1, 0.15) is 13.2 Å². The first kappa shape index (κ1) is 20.3. The minimum atomic E-state index is -0.503. The fourth-order valence-electron chi connectivity index (χ4n) is 2.45. The van der Waals surface area contributed by atoms with Crippen molar-refractivity contribution in [2.24, 2.45) is 0 Å². The molecule has 27 heavy (non-hydrogen) atoms. The number of rotatable bonds is 8. The maximum absolute atomic E-state index is 12.2.